The number of benzene rings is 1. The molecular weight excluding hydrogens is 243 g/mol. The second-order valence-corrected chi connectivity index (χ2v) is 5.69. The molecule has 1 aliphatic carbocycles. The molecule has 2 atom stereocenters. The van der Waals surface area contributed by atoms with Crippen LogP contribution in [0.5, 0.6) is 0 Å². The number of likely N-dealkylation sites (tertiary alicyclic amines) is 1. The fourth-order valence-corrected chi connectivity index (χ4v) is 2.98. The van der Waals surface area contributed by atoms with E-state index < -0.39 is 0 Å². The molecule has 1 heterocycles. The average molecular weight is 262 g/mol. The van der Waals surface area contributed by atoms with Crippen molar-refractivity contribution in [1.29, 1.82) is 0 Å². The van der Waals surface area contributed by atoms with Gasteiger partial charge in [-0.15, -0.1) is 0 Å². The smallest absolute Gasteiger partial charge is 0.223 e. The van der Waals surface area contributed by atoms with E-state index in [1.54, 1.807) is 13.0 Å². The minimum absolute atomic E-state index is 0.0526. The van der Waals surface area contributed by atoms with Crippen molar-refractivity contribution in [3.05, 3.63) is 35.1 Å². The third-order valence-electron chi connectivity index (χ3n) is 4.15. The van der Waals surface area contributed by atoms with Gasteiger partial charge in [0, 0.05) is 18.5 Å². The van der Waals surface area contributed by atoms with Crippen LogP contribution in [0.4, 0.5) is 4.39 Å². The van der Waals surface area contributed by atoms with Crippen LogP contribution in [0.3, 0.4) is 0 Å². The van der Waals surface area contributed by atoms with Gasteiger partial charge in [-0.25, -0.2) is 4.39 Å². The van der Waals surface area contributed by atoms with Crippen LogP contribution in [0.25, 0.3) is 0 Å². The summed E-state index contributed by atoms with van der Waals surface area (Å²) in [7, 11) is 0. The molecule has 3 nitrogen and oxygen atoms in total. The number of aryl methyl sites for hydroxylation is 1. The molecule has 2 unspecified atom stereocenters. The van der Waals surface area contributed by atoms with Crippen molar-refractivity contribution < 1.29 is 9.18 Å². The van der Waals surface area contributed by atoms with Gasteiger partial charge in [0.05, 0.1) is 6.04 Å². The van der Waals surface area contributed by atoms with Crippen LogP contribution in [0.1, 0.15) is 42.9 Å². The summed E-state index contributed by atoms with van der Waals surface area (Å²) in [6.07, 6.45) is 3.38. The third kappa shape index (κ3) is 2.25. The van der Waals surface area contributed by atoms with E-state index in [2.05, 4.69) is 0 Å². The Kier molecular flexibility index (Phi) is 3.05. The molecule has 2 aliphatic rings. The van der Waals surface area contributed by atoms with E-state index in [0.29, 0.717) is 24.4 Å². The van der Waals surface area contributed by atoms with E-state index in [-0.39, 0.29) is 23.8 Å². The Morgan fingerprint density at radius 2 is 2.05 bits per heavy atom. The Morgan fingerprint density at radius 3 is 2.68 bits per heavy atom. The monoisotopic (exact) mass is 262 g/mol. The summed E-state index contributed by atoms with van der Waals surface area (Å²) in [4.78, 5) is 14.1. The van der Waals surface area contributed by atoms with Gasteiger partial charge < -0.3 is 10.6 Å². The summed E-state index contributed by atoms with van der Waals surface area (Å²) in [5.74, 6) is -0.0198. The van der Waals surface area contributed by atoms with Crippen LogP contribution in [0, 0.1) is 12.7 Å². The number of amides is 1. The van der Waals surface area contributed by atoms with Gasteiger partial charge in [-0.3, -0.25) is 4.79 Å². The maximum Gasteiger partial charge on any atom is 0.223 e. The molecule has 1 aliphatic heterocycles. The maximum atomic E-state index is 13.4. The molecule has 1 aromatic rings. The lowest BCUT2D eigenvalue weighted by Gasteiger charge is -2.40. The first-order valence-electron chi connectivity index (χ1n) is 6.90. The molecule has 102 valence electrons. The highest BCUT2D eigenvalue weighted by molar-refractivity contribution is 5.78. The van der Waals surface area contributed by atoms with Crippen molar-refractivity contribution in [1.82, 2.24) is 4.90 Å². The van der Waals surface area contributed by atoms with Crippen molar-refractivity contribution in [2.75, 3.05) is 0 Å². The second-order valence-electron chi connectivity index (χ2n) is 5.69. The zero-order valence-electron chi connectivity index (χ0n) is 11.1. The minimum atomic E-state index is -0.211. The first-order valence-corrected chi connectivity index (χ1v) is 6.90. The van der Waals surface area contributed by atoms with Gasteiger partial charge in [-0.2, -0.15) is 0 Å². The Balaban J connectivity index is 1.97. The molecule has 19 heavy (non-hydrogen) atoms. The van der Waals surface area contributed by atoms with E-state index in [4.69, 9.17) is 5.73 Å². The van der Waals surface area contributed by atoms with Gasteiger partial charge in [0.2, 0.25) is 5.91 Å². The molecule has 0 radical (unpaired) electrons. The van der Waals surface area contributed by atoms with Gasteiger partial charge in [0.1, 0.15) is 5.82 Å². The standard InChI is InChI=1S/C15H19FN2O/c1-9-8-10(2-5-12(9)16)15-13(17)6-7-14(19)18(15)11-3-4-11/h2,5,8,11,13,15H,3-4,6-7,17H2,1H3. The summed E-state index contributed by atoms with van der Waals surface area (Å²) < 4.78 is 13.4. The molecule has 4 heteroatoms. The van der Waals surface area contributed by atoms with Crippen LogP contribution in [-0.2, 0) is 4.79 Å². The third-order valence-corrected chi connectivity index (χ3v) is 4.15. The van der Waals surface area contributed by atoms with Crippen LogP contribution in [0.2, 0.25) is 0 Å². The molecule has 1 amide bonds. The average Bonchev–Trinajstić information content (AvgIpc) is 3.19. The summed E-state index contributed by atoms with van der Waals surface area (Å²) in [5, 5.41) is 0. The summed E-state index contributed by atoms with van der Waals surface area (Å²) in [6.45, 7) is 1.75. The van der Waals surface area contributed by atoms with Gasteiger partial charge in [0.15, 0.2) is 0 Å². The molecule has 2 N–H and O–H groups in total. The quantitative estimate of drug-likeness (QED) is 0.889. The number of hydrogen-bond acceptors (Lipinski definition) is 2. The predicted molar refractivity (Wildman–Crippen MR) is 71.0 cm³/mol. The fraction of sp³-hybridized carbons (Fsp3) is 0.533. The maximum absolute atomic E-state index is 13.4. The molecule has 2 fully saturated rings. The lowest BCUT2D eigenvalue weighted by Crippen LogP contribution is -2.49. The van der Waals surface area contributed by atoms with Crippen molar-refractivity contribution in [2.24, 2.45) is 5.73 Å². The Morgan fingerprint density at radius 1 is 1.32 bits per heavy atom. The lowest BCUT2D eigenvalue weighted by molar-refractivity contribution is -0.138. The van der Waals surface area contributed by atoms with Crippen molar-refractivity contribution in [3.63, 3.8) is 0 Å². The topological polar surface area (TPSA) is 46.3 Å². The van der Waals surface area contributed by atoms with Crippen molar-refractivity contribution in [3.8, 4) is 0 Å². The number of carbonyl (C=O) groups excluding carboxylic acids is 1. The highest BCUT2D eigenvalue weighted by atomic mass is 19.1. The number of carbonyl (C=O) groups is 1. The molecule has 0 spiro atoms. The summed E-state index contributed by atoms with van der Waals surface area (Å²) in [5.41, 5.74) is 7.80. The Labute approximate surface area is 112 Å². The number of rotatable bonds is 2. The van der Waals surface area contributed by atoms with E-state index in [1.807, 2.05) is 11.0 Å². The number of halogens is 1. The Bertz CT molecular complexity index is 513. The highest BCUT2D eigenvalue weighted by Crippen LogP contribution is 2.40. The zero-order valence-corrected chi connectivity index (χ0v) is 11.1. The summed E-state index contributed by atoms with van der Waals surface area (Å²) >= 11 is 0. The largest absolute Gasteiger partial charge is 0.331 e. The summed E-state index contributed by atoms with van der Waals surface area (Å²) in [6, 6.07) is 5.27. The van der Waals surface area contributed by atoms with Crippen LogP contribution >= 0.6 is 0 Å². The van der Waals surface area contributed by atoms with Crippen LogP contribution in [0.15, 0.2) is 18.2 Å². The normalized spacial score (nSPS) is 27.7. The molecule has 3 rings (SSSR count). The molecule has 1 aromatic carbocycles. The molecule has 1 saturated heterocycles. The predicted octanol–water partition coefficient (Wildman–Crippen LogP) is 2.29. The number of nitrogens with zero attached hydrogens (tertiary/aromatic N) is 1. The van der Waals surface area contributed by atoms with Gasteiger partial charge in [0.25, 0.3) is 0 Å². The first-order chi connectivity index (χ1) is 9.08. The Hall–Kier alpha value is -1.42. The van der Waals surface area contributed by atoms with Crippen LogP contribution in [-0.4, -0.2) is 22.9 Å². The fourth-order valence-electron chi connectivity index (χ4n) is 2.98. The second kappa shape index (κ2) is 4.60. The number of piperidine rings is 1. The SMILES string of the molecule is Cc1cc(C2C(N)CCC(=O)N2C2CC2)ccc1F. The van der Waals surface area contributed by atoms with E-state index in [9.17, 15) is 9.18 Å². The zero-order chi connectivity index (χ0) is 13.6. The highest BCUT2D eigenvalue weighted by Gasteiger charge is 2.43. The van der Waals surface area contributed by atoms with Crippen LogP contribution < -0.4 is 5.73 Å². The first kappa shape index (κ1) is 12.6. The molecule has 0 aromatic heterocycles. The van der Waals surface area contributed by atoms with Crippen molar-refractivity contribution >= 4 is 5.91 Å². The lowest BCUT2D eigenvalue weighted by atomic mass is 9.89. The van der Waals surface area contributed by atoms with E-state index in [0.717, 1.165) is 18.4 Å². The van der Waals surface area contributed by atoms with Crippen molar-refractivity contribution in [2.45, 2.75) is 50.7 Å². The van der Waals surface area contributed by atoms with E-state index in [1.165, 1.54) is 6.07 Å². The van der Waals surface area contributed by atoms with Gasteiger partial charge >= 0.3 is 0 Å². The molecule has 0 bridgehead atoms. The van der Waals surface area contributed by atoms with E-state index >= 15 is 0 Å². The molecule has 1 saturated carbocycles. The molecular formula is C15H19FN2O. The van der Waals surface area contributed by atoms with Gasteiger partial charge in [-0.05, 0) is 43.4 Å². The number of hydrogen-bond donors (Lipinski definition) is 1. The minimum Gasteiger partial charge on any atom is -0.331 e. The van der Waals surface area contributed by atoms with Gasteiger partial charge in [-0.1, -0.05) is 12.1 Å². The number of nitrogens with two attached hydrogens (primary N) is 1.